The van der Waals surface area contributed by atoms with E-state index in [4.69, 9.17) is 4.42 Å². The van der Waals surface area contributed by atoms with Gasteiger partial charge in [-0.3, -0.25) is 14.6 Å². The second-order valence-electron chi connectivity index (χ2n) is 8.21. The normalized spacial score (nSPS) is 20.2. The third-order valence-electron chi connectivity index (χ3n) is 6.39. The first kappa shape index (κ1) is 17.9. The summed E-state index contributed by atoms with van der Waals surface area (Å²) in [5.74, 6) is 0.597. The number of carbonyl (C=O) groups is 2. The van der Waals surface area contributed by atoms with Crippen LogP contribution in [0.15, 0.2) is 41.5 Å². The van der Waals surface area contributed by atoms with Gasteiger partial charge in [0.1, 0.15) is 5.69 Å². The minimum absolute atomic E-state index is 0.00493. The highest BCUT2D eigenvalue weighted by Gasteiger charge is 2.54. The summed E-state index contributed by atoms with van der Waals surface area (Å²) in [4.78, 5) is 35.0. The second kappa shape index (κ2) is 6.72. The fourth-order valence-electron chi connectivity index (χ4n) is 4.47. The van der Waals surface area contributed by atoms with Crippen LogP contribution in [0.25, 0.3) is 11.0 Å². The molecule has 5 rings (SSSR count). The van der Waals surface area contributed by atoms with Gasteiger partial charge in [0, 0.05) is 44.5 Å². The molecule has 3 aromatic heterocycles. The molecule has 1 atom stereocenters. The monoisotopic (exact) mass is 393 g/mol. The fourth-order valence-corrected chi connectivity index (χ4v) is 4.47. The summed E-state index contributed by atoms with van der Waals surface area (Å²) < 4.78 is 7.37. The maximum absolute atomic E-state index is 12.6. The largest absolute Gasteiger partial charge is 0.449 e. The zero-order chi connectivity index (χ0) is 20.0. The number of hydrogen-bond acceptors (Lipinski definition) is 5. The van der Waals surface area contributed by atoms with E-state index >= 15 is 0 Å². The average Bonchev–Trinajstić information content (AvgIpc) is 3.08. The lowest BCUT2D eigenvalue weighted by molar-refractivity contribution is 0.0663. The Labute approximate surface area is 167 Å². The van der Waals surface area contributed by atoms with Gasteiger partial charge >= 0.3 is 0 Å². The highest BCUT2D eigenvalue weighted by atomic mass is 16.3. The summed E-state index contributed by atoms with van der Waals surface area (Å²) in [5.41, 5.74) is 1.38. The number of hydrogen-bond donors (Lipinski definition) is 1. The van der Waals surface area contributed by atoms with Gasteiger partial charge in [-0.1, -0.05) is 0 Å². The van der Waals surface area contributed by atoms with Gasteiger partial charge in [-0.05, 0) is 42.7 Å². The van der Waals surface area contributed by atoms with Crippen molar-refractivity contribution in [3.8, 4) is 0 Å². The van der Waals surface area contributed by atoms with Crippen molar-refractivity contribution in [3.63, 3.8) is 0 Å². The number of nitrogens with zero attached hydrogens (tertiary/aromatic N) is 4. The Balaban J connectivity index is 1.13. The lowest BCUT2D eigenvalue weighted by Crippen LogP contribution is -2.40. The van der Waals surface area contributed by atoms with Crippen LogP contribution in [0.1, 0.15) is 40.3 Å². The first-order valence-corrected chi connectivity index (χ1v) is 9.93. The van der Waals surface area contributed by atoms with E-state index < -0.39 is 0 Å². The zero-order valence-corrected chi connectivity index (χ0v) is 16.3. The van der Waals surface area contributed by atoms with Gasteiger partial charge in [-0.2, -0.15) is 0 Å². The molecule has 2 aliphatic rings. The lowest BCUT2D eigenvalue weighted by Gasteiger charge is -2.32. The van der Waals surface area contributed by atoms with Crippen molar-refractivity contribution in [3.05, 3.63) is 48.5 Å². The van der Waals surface area contributed by atoms with Crippen LogP contribution in [-0.2, 0) is 7.05 Å². The van der Waals surface area contributed by atoms with Crippen molar-refractivity contribution in [1.82, 2.24) is 24.8 Å². The molecular formula is C21H23N5O3. The number of furan rings is 1. The zero-order valence-electron chi connectivity index (χ0n) is 16.3. The molecule has 3 aromatic rings. The molecule has 8 heteroatoms. The molecular weight excluding hydrogens is 370 g/mol. The molecule has 2 fully saturated rings. The van der Waals surface area contributed by atoms with E-state index in [0.29, 0.717) is 29.5 Å². The topological polar surface area (TPSA) is 93.3 Å². The predicted octanol–water partition coefficient (Wildman–Crippen LogP) is 2.23. The van der Waals surface area contributed by atoms with Crippen molar-refractivity contribution in [2.45, 2.75) is 19.3 Å². The average molecular weight is 393 g/mol. The maximum atomic E-state index is 12.6. The number of piperidine rings is 1. The molecule has 1 aliphatic heterocycles. The number of amides is 2. The second-order valence-corrected chi connectivity index (χ2v) is 8.21. The van der Waals surface area contributed by atoms with E-state index in [2.05, 4.69) is 15.3 Å². The molecule has 0 bridgehead atoms. The molecule has 2 amide bonds. The summed E-state index contributed by atoms with van der Waals surface area (Å²) in [5, 5.41) is 3.88. The number of carbonyl (C=O) groups excluding carboxylic acids is 2. The number of imidazole rings is 1. The highest BCUT2D eigenvalue weighted by molar-refractivity contribution is 5.96. The van der Waals surface area contributed by atoms with Gasteiger partial charge in [-0.25, -0.2) is 4.98 Å². The Bertz CT molecular complexity index is 1040. The van der Waals surface area contributed by atoms with Crippen LogP contribution in [0.5, 0.6) is 0 Å². The third-order valence-corrected chi connectivity index (χ3v) is 6.39. The predicted molar refractivity (Wildman–Crippen MR) is 105 cm³/mol. The maximum Gasteiger partial charge on any atom is 0.287 e. The molecule has 1 N–H and O–H groups in total. The van der Waals surface area contributed by atoms with Gasteiger partial charge in [-0.15, -0.1) is 0 Å². The Morgan fingerprint density at radius 1 is 1.34 bits per heavy atom. The van der Waals surface area contributed by atoms with Crippen LogP contribution in [-0.4, -0.2) is 50.9 Å². The van der Waals surface area contributed by atoms with Crippen molar-refractivity contribution >= 4 is 22.8 Å². The summed E-state index contributed by atoms with van der Waals surface area (Å²) in [6.45, 7) is 2.13. The fraction of sp³-hybridized carbons (Fsp3) is 0.429. The lowest BCUT2D eigenvalue weighted by atomic mass is 9.90. The number of nitrogens with one attached hydrogen (secondary N) is 1. The number of fused-ring (bicyclic) bond motifs is 1. The molecule has 1 unspecified atom stereocenters. The van der Waals surface area contributed by atoms with Crippen LogP contribution in [0, 0.1) is 11.3 Å². The van der Waals surface area contributed by atoms with Crippen LogP contribution in [0.3, 0.4) is 0 Å². The van der Waals surface area contributed by atoms with Crippen molar-refractivity contribution < 1.29 is 14.0 Å². The summed E-state index contributed by atoms with van der Waals surface area (Å²) in [7, 11) is 1.86. The summed E-state index contributed by atoms with van der Waals surface area (Å²) in [6.07, 6.45) is 9.75. The molecule has 4 heterocycles. The van der Waals surface area contributed by atoms with Gasteiger partial charge in [0.2, 0.25) is 0 Å². The molecule has 0 aromatic carbocycles. The Hall–Kier alpha value is -3.16. The molecule has 0 radical (unpaired) electrons. The van der Waals surface area contributed by atoms with E-state index in [-0.39, 0.29) is 17.2 Å². The minimum Gasteiger partial charge on any atom is -0.449 e. The smallest absolute Gasteiger partial charge is 0.287 e. The van der Waals surface area contributed by atoms with Crippen LogP contribution >= 0.6 is 0 Å². The van der Waals surface area contributed by atoms with E-state index in [0.717, 1.165) is 37.7 Å². The van der Waals surface area contributed by atoms with Crippen molar-refractivity contribution in [1.29, 1.82) is 0 Å². The third kappa shape index (κ3) is 3.28. The highest BCUT2D eigenvalue weighted by Crippen LogP contribution is 2.59. The number of pyridine rings is 1. The first-order chi connectivity index (χ1) is 14.0. The van der Waals surface area contributed by atoms with Gasteiger partial charge < -0.3 is 19.2 Å². The van der Waals surface area contributed by atoms with Crippen LogP contribution in [0.4, 0.5) is 0 Å². The Kier molecular flexibility index (Phi) is 4.15. The van der Waals surface area contributed by atoms with E-state index in [9.17, 15) is 9.59 Å². The molecule has 1 saturated heterocycles. The molecule has 8 nitrogen and oxygen atoms in total. The molecule has 1 aliphatic carbocycles. The minimum atomic E-state index is -0.189. The summed E-state index contributed by atoms with van der Waals surface area (Å²) >= 11 is 0. The SMILES string of the molecule is Cn1cnc(C(=O)N2CCC3(CC2)CC3CNC(=O)c2cc3ccncc3o2)c1. The van der Waals surface area contributed by atoms with Gasteiger partial charge in [0.15, 0.2) is 11.3 Å². The number of aryl methyl sites for hydroxylation is 1. The number of rotatable bonds is 4. The van der Waals surface area contributed by atoms with Crippen molar-refractivity contribution in [2.24, 2.45) is 18.4 Å². The standard InChI is InChI=1S/C21H23N5O3/c1-25-12-16(24-13-25)20(28)26-6-3-21(4-7-26)9-15(21)10-23-19(27)17-8-14-2-5-22-11-18(14)29-17/h2,5,8,11-13,15H,3-4,6-7,9-10H2,1H3,(H,23,27). The Morgan fingerprint density at radius 3 is 2.90 bits per heavy atom. The van der Waals surface area contributed by atoms with Crippen LogP contribution < -0.4 is 5.32 Å². The first-order valence-electron chi connectivity index (χ1n) is 9.93. The Morgan fingerprint density at radius 2 is 2.17 bits per heavy atom. The molecule has 29 heavy (non-hydrogen) atoms. The quantitative estimate of drug-likeness (QED) is 0.734. The van der Waals surface area contributed by atoms with E-state index in [1.165, 1.54) is 0 Å². The molecule has 150 valence electrons. The van der Waals surface area contributed by atoms with Crippen molar-refractivity contribution in [2.75, 3.05) is 19.6 Å². The van der Waals surface area contributed by atoms with Gasteiger partial charge in [0.05, 0.1) is 12.5 Å². The van der Waals surface area contributed by atoms with E-state index in [1.807, 2.05) is 18.0 Å². The molecule has 1 spiro atoms. The molecule has 1 saturated carbocycles. The number of likely N-dealkylation sites (tertiary alicyclic amines) is 1. The van der Waals surface area contributed by atoms with Crippen LogP contribution in [0.2, 0.25) is 0 Å². The number of aromatic nitrogens is 3. The van der Waals surface area contributed by atoms with Gasteiger partial charge in [0.25, 0.3) is 11.8 Å². The van der Waals surface area contributed by atoms with E-state index in [1.54, 1.807) is 35.6 Å². The summed E-state index contributed by atoms with van der Waals surface area (Å²) in [6, 6.07) is 3.57.